The van der Waals surface area contributed by atoms with Gasteiger partial charge in [-0.15, -0.1) is 0 Å². The Morgan fingerprint density at radius 3 is 2.93 bits per heavy atom. The zero-order chi connectivity index (χ0) is 10.3. The average Bonchev–Trinajstić information content (AvgIpc) is 2.85. The first kappa shape index (κ1) is 9.22. The van der Waals surface area contributed by atoms with Gasteiger partial charge in [0, 0.05) is 11.7 Å². The van der Waals surface area contributed by atoms with Gasteiger partial charge < -0.3 is 11.1 Å². The molecule has 1 aromatic rings. The van der Waals surface area contributed by atoms with Crippen molar-refractivity contribution < 1.29 is 0 Å². The summed E-state index contributed by atoms with van der Waals surface area (Å²) in [6, 6.07) is 4.84. The number of nitrogens with one attached hydrogen (secondary N) is 1. The van der Waals surface area contributed by atoms with Crippen molar-refractivity contribution in [2.45, 2.75) is 38.1 Å². The third-order valence-electron chi connectivity index (χ3n) is 3.77. The number of nitrogens with two attached hydrogens (primary N) is 1. The second-order valence-corrected chi connectivity index (χ2v) is 4.71. The average molecular weight is 202 g/mol. The summed E-state index contributed by atoms with van der Waals surface area (Å²) in [6.45, 7) is 1.15. The van der Waals surface area contributed by atoms with Gasteiger partial charge in [-0.3, -0.25) is 0 Å². The highest BCUT2D eigenvalue weighted by Crippen LogP contribution is 2.36. The quantitative estimate of drug-likeness (QED) is 0.685. The van der Waals surface area contributed by atoms with Crippen molar-refractivity contribution in [1.82, 2.24) is 5.32 Å². The van der Waals surface area contributed by atoms with E-state index >= 15 is 0 Å². The first-order valence-corrected chi connectivity index (χ1v) is 6.00. The molecule has 2 nitrogen and oxygen atoms in total. The Morgan fingerprint density at radius 1 is 1.20 bits per heavy atom. The van der Waals surface area contributed by atoms with Crippen molar-refractivity contribution >= 4 is 5.69 Å². The summed E-state index contributed by atoms with van der Waals surface area (Å²) in [7, 11) is 0. The van der Waals surface area contributed by atoms with Crippen molar-refractivity contribution in [2.75, 3.05) is 12.3 Å². The van der Waals surface area contributed by atoms with E-state index in [2.05, 4.69) is 17.4 Å². The lowest BCUT2D eigenvalue weighted by molar-refractivity contribution is 0.643. The van der Waals surface area contributed by atoms with Gasteiger partial charge >= 0.3 is 0 Å². The highest BCUT2D eigenvalue weighted by Gasteiger charge is 2.24. The fourth-order valence-electron chi connectivity index (χ4n) is 3.06. The Balaban J connectivity index is 2.08. The first-order valence-electron chi connectivity index (χ1n) is 6.00. The topological polar surface area (TPSA) is 38.0 Å². The van der Waals surface area contributed by atoms with Crippen LogP contribution in [-0.2, 0) is 12.8 Å². The predicted octanol–water partition coefficient (Wildman–Crippen LogP) is 2.18. The van der Waals surface area contributed by atoms with Gasteiger partial charge in [0.2, 0.25) is 0 Å². The van der Waals surface area contributed by atoms with Crippen molar-refractivity contribution in [3.63, 3.8) is 0 Å². The summed E-state index contributed by atoms with van der Waals surface area (Å²) in [4.78, 5) is 0. The van der Waals surface area contributed by atoms with Gasteiger partial charge in [0.1, 0.15) is 0 Å². The van der Waals surface area contributed by atoms with Gasteiger partial charge in [-0.2, -0.15) is 0 Å². The van der Waals surface area contributed by atoms with E-state index in [1.165, 1.54) is 43.2 Å². The van der Waals surface area contributed by atoms with Gasteiger partial charge in [0.25, 0.3) is 0 Å². The maximum absolute atomic E-state index is 6.13. The molecular formula is C13H18N2. The zero-order valence-electron chi connectivity index (χ0n) is 9.05. The fourth-order valence-corrected chi connectivity index (χ4v) is 3.06. The molecule has 0 amide bonds. The highest BCUT2D eigenvalue weighted by molar-refractivity contribution is 5.57. The van der Waals surface area contributed by atoms with E-state index in [9.17, 15) is 0 Å². The number of anilines is 1. The highest BCUT2D eigenvalue weighted by atomic mass is 14.9. The molecule has 1 aromatic carbocycles. The normalized spacial score (nSPS) is 24.4. The third-order valence-corrected chi connectivity index (χ3v) is 3.77. The van der Waals surface area contributed by atoms with E-state index in [1.807, 2.05) is 0 Å². The SMILES string of the molecule is Nc1ccc2c(c1[C@H]1CCCN1)CCC2. The molecule has 1 aliphatic carbocycles. The number of benzene rings is 1. The van der Waals surface area contributed by atoms with Crippen molar-refractivity contribution in [2.24, 2.45) is 0 Å². The van der Waals surface area contributed by atoms with Crippen LogP contribution in [0.15, 0.2) is 12.1 Å². The molecule has 2 heteroatoms. The summed E-state index contributed by atoms with van der Waals surface area (Å²) in [6.07, 6.45) is 6.32. The zero-order valence-corrected chi connectivity index (χ0v) is 9.05. The van der Waals surface area contributed by atoms with E-state index in [0.29, 0.717) is 6.04 Å². The van der Waals surface area contributed by atoms with Crippen molar-refractivity contribution in [3.05, 3.63) is 28.8 Å². The molecule has 2 aliphatic rings. The van der Waals surface area contributed by atoms with E-state index in [1.54, 1.807) is 5.56 Å². The molecule has 0 aromatic heterocycles. The summed E-state index contributed by atoms with van der Waals surface area (Å²) < 4.78 is 0. The molecule has 0 bridgehead atoms. The molecule has 80 valence electrons. The molecule has 0 spiro atoms. The van der Waals surface area contributed by atoms with Crippen LogP contribution in [0.5, 0.6) is 0 Å². The van der Waals surface area contributed by atoms with E-state index < -0.39 is 0 Å². The maximum Gasteiger partial charge on any atom is 0.0365 e. The van der Waals surface area contributed by atoms with Crippen LogP contribution in [0.1, 0.15) is 42.0 Å². The molecule has 1 heterocycles. The van der Waals surface area contributed by atoms with E-state index in [0.717, 1.165) is 12.2 Å². The number of hydrogen-bond donors (Lipinski definition) is 2. The molecule has 15 heavy (non-hydrogen) atoms. The molecule has 3 N–H and O–H groups in total. The Morgan fingerprint density at radius 2 is 2.13 bits per heavy atom. The predicted molar refractivity (Wildman–Crippen MR) is 62.9 cm³/mol. The maximum atomic E-state index is 6.13. The first-order chi connectivity index (χ1) is 7.36. The van der Waals surface area contributed by atoms with Crippen LogP contribution in [0.3, 0.4) is 0 Å². The lowest BCUT2D eigenvalue weighted by Gasteiger charge is -2.18. The second kappa shape index (κ2) is 3.53. The molecule has 1 atom stereocenters. The van der Waals surface area contributed by atoms with Crippen molar-refractivity contribution in [3.8, 4) is 0 Å². The largest absolute Gasteiger partial charge is 0.398 e. The fraction of sp³-hybridized carbons (Fsp3) is 0.538. The van der Waals surface area contributed by atoms with Crippen LogP contribution >= 0.6 is 0 Å². The lowest BCUT2D eigenvalue weighted by Crippen LogP contribution is -2.16. The minimum absolute atomic E-state index is 0.526. The molecule has 3 rings (SSSR count). The Labute approximate surface area is 90.9 Å². The van der Waals surface area contributed by atoms with Crippen LogP contribution in [0.2, 0.25) is 0 Å². The number of hydrogen-bond acceptors (Lipinski definition) is 2. The van der Waals surface area contributed by atoms with Crippen LogP contribution in [0.25, 0.3) is 0 Å². The molecule has 0 unspecified atom stereocenters. The molecule has 1 aliphatic heterocycles. The van der Waals surface area contributed by atoms with Crippen LogP contribution < -0.4 is 11.1 Å². The number of aryl methyl sites for hydroxylation is 1. The van der Waals surface area contributed by atoms with Gasteiger partial charge in [-0.25, -0.2) is 0 Å². The Kier molecular flexibility index (Phi) is 2.17. The smallest absolute Gasteiger partial charge is 0.0365 e. The van der Waals surface area contributed by atoms with E-state index in [4.69, 9.17) is 5.73 Å². The Hall–Kier alpha value is -1.02. The summed E-state index contributed by atoms with van der Waals surface area (Å²) in [5, 5.41) is 3.56. The molecule has 1 fully saturated rings. The van der Waals surface area contributed by atoms with Crippen LogP contribution in [0.4, 0.5) is 5.69 Å². The molecular weight excluding hydrogens is 184 g/mol. The minimum atomic E-state index is 0.526. The number of nitrogen functional groups attached to an aromatic ring is 1. The van der Waals surface area contributed by atoms with Gasteiger partial charge in [0.15, 0.2) is 0 Å². The third kappa shape index (κ3) is 1.44. The van der Waals surface area contributed by atoms with Gasteiger partial charge in [0.05, 0.1) is 0 Å². The summed E-state index contributed by atoms with van der Waals surface area (Å²) in [5.74, 6) is 0. The standard InChI is InChI=1S/C13H18N2/c14-11-7-6-9-3-1-4-10(9)13(11)12-5-2-8-15-12/h6-7,12,15H,1-5,8,14H2/t12-/m1/s1. The second-order valence-electron chi connectivity index (χ2n) is 4.71. The molecule has 0 radical (unpaired) electrons. The van der Waals surface area contributed by atoms with Crippen LogP contribution in [-0.4, -0.2) is 6.54 Å². The minimum Gasteiger partial charge on any atom is -0.398 e. The monoisotopic (exact) mass is 202 g/mol. The summed E-state index contributed by atoms with van der Waals surface area (Å²) in [5.41, 5.74) is 11.6. The summed E-state index contributed by atoms with van der Waals surface area (Å²) >= 11 is 0. The van der Waals surface area contributed by atoms with Crippen LogP contribution in [0, 0.1) is 0 Å². The lowest BCUT2D eigenvalue weighted by atomic mass is 9.94. The Bertz CT molecular complexity index is 378. The number of rotatable bonds is 1. The molecule has 1 saturated heterocycles. The van der Waals surface area contributed by atoms with E-state index in [-0.39, 0.29) is 0 Å². The van der Waals surface area contributed by atoms with Gasteiger partial charge in [-0.05, 0) is 61.4 Å². The number of fused-ring (bicyclic) bond motifs is 1. The molecule has 0 saturated carbocycles. The van der Waals surface area contributed by atoms with Gasteiger partial charge in [-0.1, -0.05) is 6.07 Å². The van der Waals surface area contributed by atoms with Crippen molar-refractivity contribution in [1.29, 1.82) is 0 Å².